The van der Waals surface area contributed by atoms with Crippen LogP contribution in [0.2, 0.25) is 0 Å². The van der Waals surface area contributed by atoms with Crippen molar-refractivity contribution in [3.05, 3.63) is 35.2 Å². The van der Waals surface area contributed by atoms with E-state index in [2.05, 4.69) is 39.9 Å². The molecule has 0 radical (unpaired) electrons. The zero-order valence-electron chi connectivity index (χ0n) is 12.7. The minimum absolute atomic E-state index is 0. The number of halogens is 1. The van der Waals surface area contributed by atoms with Crippen LogP contribution in [0, 0.1) is 0 Å². The summed E-state index contributed by atoms with van der Waals surface area (Å²) in [5.41, 5.74) is 1.31. The van der Waals surface area contributed by atoms with Gasteiger partial charge in [-0.25, -0.2) is 0 Å². The number of nitrogens with one attached hydrogen (secondary N) is 1. The van der Waals surface area contributed by atoms with Gasteiger partial charge in [-0.05, 0) is 29.4 Å². The van der Waals surface area contributed by atoms with Crippen molar-refractivity contribution in [2.45, 2.75) is 6.54 Å². The molecule has 2 heterocycles. The van der Waals surface area contributed by atoms with Gasteiger partial charge in [-0.15, -0.1) is 23.7 Å². The summed E-state index contributed by atoms with van der Waals surface area (Å²) in [4.78, 5) is 16.3. The first-order valence-corrected chi connectivity index (χ1v) is 8.24. The lowest BCUT2D eigenvalue weighted by Crippen LogP contribution is -2.49. The van der Waals surface area contributed by atoms with Gasteiger partial charge in [0.05, 0.1) is 6.54 Å². The lowest BCUT2D eigenvalue weighted by atomic mass is 10.1. The Balaban J connectivity index is 0.00000176. The Hall–Kier alpha value is -1.14. The third-order valence-electron chi connectivity index (χ3n) is 3.88. The topological polar surface area (TPSA) is 35.6 Å². The van der Waals surface area contributed by atoms with E-state index >= 15 is 0 Å². The minimum atomic E-state index is 0. The molecule has 0 atom stereocenters. The van der Waals surface area contributed by atoms with Crippen LogP contribution >= 0.6 is 23.7 Å². The van der Waals surface area contributed by atoms with Gasteiger partial charge in [0, 0.05) is 37.4 Å². The Bertz CT molecular complexity index is 625. The molecule has 4 nitrogen and oxygen atoms in total. The summed E-state index contributed by atoms with van der Waals surface area (Å²) in [6.07, 6.45) is 0. The molecule has 0 bridgehead atoms. The molecule has 6 heteroatoms. The van der Waals surface area contributed by atoms with Gasteiger partial charge in [-0.2, -0.15) is 0 Å². The van der Waals surface area contributed by atoms with Crippen molar-refractivity contribution in [2.75, 3.05) is 39.8 Å². The maximum Gasteiger partial charge on any atom is 0.236 e. The van der Waals surface area contributed by atoms with Crippen molar-refractivity contribution in [3.63, 3.8) is 0 Å². The molecule has 1 aromatic carbocycles. The predicted molar refractivity (Wildman–Crippen MR) is 94.9 cm³/mol. The van der Waals surface area contributed by atoms with E-state index in [0.29, 0.717) is 6.54 Å². The zero-order valence-corrected chi connectivity index (χ0v) is 14.4. The quantitative estimate of drug-likeness (QED) is 0.927. The Labute approximate surface area is 141 Å². The fraction of sp³-hybridized carbons (Fsp3) is 0.438. The molecule has 0 aliphatic carbocycles. The fourth-order valence-corrected chi connectivity index (χ4v) is 3.70. The summed E-state index contributed by atoms with van der Waals surface area (Å²) in [6, 6.07) is 8.45. The number of thiophene rings is 1. The van der Waals surface area contributed by atoms with Gasteiger partial charge in [-0.1, -0.05) is 18.2 Å². The summed E-state index contributed by atoms with van der Waals surface area (Å²) in [7, 11) is 2.02. The molecule has 22 heavy (non-hydrogen) atoms. The van der Waals surface area contributed by atoms with Crippen LogP contribution < -0.4 is 5.32 Å². The number of fused-ring (bicyclic) bond motifs is 1. The van der Waals surface area contributed by atoms with Gasteiger partial charge in [-0.3, -0.25) is 9.69 Å². The van der Waals surface area contributed by atoms with Crippen molar-refractivity contribution in [1.29, 1.82) is 0 Å². The number of rotatable bonds is 4. The summed E-state index contributed by atoms with van der Waals surface area (Å²) in [6.45, 7) is 4.78. The van der Waals surface area contributed by atoms with E-state index in [0.717, 1.165) is 32.7 Å². The number of carbonyl (C=O) groups excluding carboxylic acids is 1. The second kappa shape index (κ2) is 7.92. The molecule has 0 saturated carbocycles. The highest BCUT2D eigenvalue weighted by atomic mass is 35.5. The highest BCUT2D eigenvalue weighted by Crippen LogP contribution is 2.26. The van der Waals surface area contributed by atoms with Gasteiger partial charge >= 0.3 is 0 Å². The lowest BCUT2D eigenvalue weighted by Gasteiger charge is -2.29. The normalized spacial score (nSPS) is 15.1. The minimum Gasteiger partial charge on any atom is -0.339 e. The number of hydrogen-bond acceptors (Lipinski definition) is 4. The van der Waals surface area contributed by atoms with Crippen LogP contribution in [0.5, 0.6) is 0 Å². The number of piperazine rings is 1. The molecule has 120 valence electrons. The molecule has 1 aliphatic rings. The predicted octanol–water partition coefficient (Wildman–Crippen LogP) is 2.19. The number of benzene rings is 1. The van der Waals surface area contributed by atoms with E-state index < -0.39 is 0 Å². The smallest absolute Gasteiger partial charge is 0.236 e. The van der Waals surface area contributed by atoms with Crippen LogP contribution in [0.25, 0.3) is 10.1 Å². The molecule has 1 saturated heterocycles. The number of carbonyl (C=O) groups is 1. The van der Waals surface area contributed by atoms with E-state index in [4.69, 9.17) is 0 Å². The Morgan fingerprint density at radius 1 is 1.32 bits per heavy atom. The van der Waals surface area contributed by atoms with Crippen LogP contribution in [-0.2, 0) is 11.3 Å². The zero-order chi connectivity index (χ0) is 14.7. The SMILES string of the molecule is CN(CC(=O)N1CCNCC1)Cc1csc2ccccc12.Cl. The van der Waals surface area contributed by atoms with Crippen molar-refractivity contribution in [1.82, 2.24) is 15.1 Å². The Morgan fingerprint density at radius 2 is 2.05 bits per heavy atom. The van der Waals surface area contributed by atoms with Gasteiger partial charge in [0.1, 0.15) is 0 Å². The van der Waals surface area contributed by atoms with E-state index in [1.54, 1.807) is 11.3 Å². The number of nitrogens with zero attached hydrogens (tertiary/aromatic N) is 2. The largest absolute Gasteiger partial charge is 0.339 e. The number of amides is 1. The second-order valence-electron chi connectivity index (χ2n) is 5.56. The molecule has 1 aliphatic heterocycles. The molecule has 0 spiro atoms. The first-order valence-electron chi connectivity index (χ1n) is 7.36. The summed E-state index contributed by atoms with van der Waals surface area (Å²) in [5.74, 6) is 0.235. The monoisotopic (exact) mass is 339 g/mol. The highest BCUT2D eigenvalue weighted by Gasteiger charge is 2.18. The van der Waals surface area contributed by atoms with Crippen molar-refractivity contribution < 1.29 is 4.79 Å². The van der Waals surface area contributed by atoms with Crippen LogP contribution in [0.3, 0.4) is 0 Å². The maximum absolute atomic E-state index is 12.3. The van der Waals surface area contributed by atoms with Crippen molar-refractivity contribution >= 4 is 39.7 Å². The number of likely N-dealkylation sites (N-methyl/N-ethyl adjacent to an activating group) is 1. The molecule has 3 rings (SSSR count). The van der Waals surface area contributed by atoms with Crippen LogP contribution in [-0.4, -0.2) is 55.5 Å². The Morgan fingerprint density at radius 3 is 2.82 bits per heavy atom. The van der Waals surface area contributed by atoms with Gasteiger partial charge in [0.25, 0.3) is 0 Å². The highest BCUT2D eigenvalue weighted by molar-refractivity contribution is 7.17. The van der Waals surface area contributed by atoms with Crippen LogP contribution in [0.1, 0.15) is 5.56 Å². The molecule has 1 amide bonds. The fourth-order valence-electron chi connectivity index (χ4n) is 2.75. The third-order valence-corrected chi connectivity index (χ3v) is 4.89. The van der Waals surface area contributed by atoms with Crippen LogP contribution in [0.15, 0.2) is 29.6 Å². The van der Waals surface area contributed by atoms with E-state index in [9.17, 15) is 4.79 Å². The first-order chi connectivity index (χ1) is 10.2. The van der Waals surface area contributed by atoms with E-state index in [-0.39, 0.29) is 18.3 Å². The van der Waals surface area contributed by atoms with E-state index in [1.807, 2.05) is 11.9 Å². The summed E-state index contributed by atoms with van der Waals surface area (Å²) >= 11 is 1.77. The average Bonchev–Trinajstić information content (AvgIpc) is 2.91. The maximum atomic E-state index is 12.3. The molecule has 0 unspecified atom stereocenters. The number of hydrogen-bond donors (Lipinski definition) is 1. The van der Waals surface area contributed by atoms with Gasteiger partial charge < -0.3 is 10.2 Å². The summed E-state index contributed by atoms with van der Waals surface area (Å²) in [5, 5.41) is 6.79. The summed E-state index contributed by atoms with van der Waals surface area (Å²) < 4.78 is 1.31. The van der Waals surface area contributed by atoms with E-state index in [1.165, 1.54) is 15.6 Å². The first kappa shape index (κ1) is 17.2. The van der Waals surface area contributed by atoms with Gasteiger partial charge in [0.15, 0.2) is 0 Å². The van der Waals surface area contributed by atoms with Crippen molar-refractivity contribution in [2.24, 2.45) is 0 Å². The standard InChI is InChI=1S/C16H21N3OS.ClH/c1-18(11-16(20)19-8-6-17-7-9-19)10-13-12-21-15-5-3-2-4-14(13)15;/h2-5,12,17H,6-11H2,1H3;1H. The van der Waals surface area contributed by atoms with Crippen molar-refractivity contribution in [3.8, 4) is 0 Å². The molecule has 1 fully saturated rings. The molecule has 1 aromatic heterocycles. The lowest BCUT2D eigenvalue weighted by molar-refractivity contribution is -0.132. The molecule has 2 aromatic rings. The average molecular weight is 340 g/mol. The third kappa shape index (κ3) is 3.98. The molecule has 1 N–H and O–H groups in total. The Kier molecular flexibility index (Phi) is 6.20. The van der Waals surface area contributed by atoms with Crippen LogP contribution in [0.4, 0.5) is 0 Å². The molecular formula is C16H22ClN3OS. The second-order valence-corrected chi connectivity index (χ2v) is 6.47. The molecular weight excluding hydrogens is 318 g/mol. The van der Waals surface area contributed by atoms with Gasteiger partial charge in [0.2, 0.25) is 5.91 Å².